The van der Waals surface area contributed by atoms with Crippen molar-refractivity contribution in [3.8, 4) is 11.3 Å². The molecule has 4 heteroatoms. The summed E-state index contributed by atoms with van der Waals surface area (Å²) in [5.74, 6) is 0.870. The molecule has 2 heterocycles. The van der Waals surface area contributed by atoms with E-state index in [1.165, 1.54) is 6.42 Å². The van der Waals surface area contributed by atoms with E-state index in [1.807, 2.05) is 54.4 Å². The molecule has 0 saturated carbocycles. The fourth-order valence-electron chi connectivity index (χ4n) is 3.25. The summed E-state index contributed by atoms with van der Waals surface area (Å²) in [7, 11) is 1.99. The van der Waals surface area contributed by atoms with Gasteiger partial charge in [0.15, 0.2) is 0 Å². The van der Waals surface area contributed by atoms with Crippen molar-refractivity contribution >= 4 is 5.91 Å². The number of carbonyl (C=O) groups excluding carboxylic acids is 1. The Morgan fingerprint density at radius 3 is 2.61 bits per heavy atom. The summed E-state index contributed by atoms with van der Waals surface area (Å²) in [6.07, 6.45) is 3.43. The molecule has 1 fully saturated rings. The summed E-state index contributed by atoms with van der Waals surface area (Å²) in [4.78, 5) is 17.9. The number of aromatic nitrogens is 1. The minimum absolute atomic E-state index is 0.124. The zero-order valence-corrected chi connectivity index (χ0v) is 13.7. The molecule has 2 N–H and O–H groups in total. The second-order valence-corrected chi connectivity index (χ2v) is 6.28. The van der Waals surface area contributed by atoms with Crippen LogP contribution < -0.4 is 5.32 Å². The molecule has 0 atom stereocenters. The molecule has 0 unspecified atom stereocenters. The molecule has 1 aliphatic rings. The number of H-pyrrole nitrogens is 1. The van der Waals surface area contributed by atoms with Crippen LogP contribution in [0.4, 0.5) is 0 Å². The number of aromatic amines is 1. The Morgan fingerprint density at radius 2 is 1.91 bits per heavy atom. The lowest BCUT2D eigenvalue weighted by molar-refractivity contribution is 0.0682. The van der Waals surface area contributed by atoms with Crippen LogP contribution in [0.5, 0.6) is 0 Å². The normalized spacial score (nSPS) is 15.8. The highest BCUT2D eigenvalue weighted by Gasteiger charge is 2.24. The molecule has 0 radical (unpaired) electrons. The van der Waals surface area contributed by atoms with Gasteiger partial charge in [0.2, 0.25) is 0 Å². The monoisotopic (exact) mass is 311 g/mol. The molecule has 122 valence electrons. The van der Waals surface area contributed by atoms with Crippen LogP contribution in [0, 0.1) is 5.92 Å². The Labute approximate surface area is 137 Å². The molecule has 3 rings (SSSR count). The van der Waals surface area contributed by atoms with Crippen molar-refractivity contribution in [3.63, 3.8) is 0 Å². The Hall–Kier alpha value is -2.07. The predicted octanol–water partition coefficient (Wildman–Crippen LogP) is 3.14. The highest BCUT2D eigenvalue weighted by Crippen LogP contribution is 2.23. The van der Waals surface area contributed by atoms with Crippen molar-refractivity contribution in [2.45, 2.75) is 19.3 Å². The number of benzene rings is 1. The average Bonchev–Trinajstić information content (AvgIpc) is 3.11. The number of piperidine rings is 1. The van der Waals surface area contributed by atoms with Crippen LogP contribution >= 0.6 is 0 Å². The van der Waals surface area contributed by atoms with E-state index >= 15 is 0 Å². The highest BCUT2D eigenvalue weighted by molar-refractivity contribution is 5.93. The quantitative estimate of drug-likeness (QED) is 0.891. The maximum absolute atomic E-state index is 12.6. The molecule has 1 aliphatic heterocycles. The van der Waals surface area contributed by atoms with E-state index in [9.17, 15) is 4.79 Å². The number of rotatable bonds is 5. The first-order valence-electron chi connectivity index (χ1n) is 8.46. The summed E-state index contributed by atoms with van der Waals surface area (Å²) < 4.78 is 0. The van der Waals surface area contributed by atoms with Gasteiger partial charge in [0.05, 0.1) is 0 Å². The van der Waals surface area contributed by atoms with Crippen molar-refractivity contribution in [1.82, 2.24) is 15.2 Å². The number of nitrogens with one attached hydrogen (secondary N) is 2. The lowest BCUT2D eigenvalue weighted by Crippen LogP contribution is -2.39. The molecule has 4 nitrogen and oxygen atoms in total. The first-order chi connectivity index (χ1) is 11.3. The Balaban J connectivity index is 1.60. The van der Waals surface area contributed by atoms with Crippen LogP contribution in [0.15, 0.2) is 42.5 Å². The van der Waals surface area contributed by atoms with E-state index in [0.717, 1.165) is 49.7 Å². The van der Waals surface area contributed by atoms with E-state index < -0.39 is 0 Å². The van der Waals surface area contributed by atoms with Crippen molar-refractivity contribution in [2.24, 2.45) is 5.92 Å². The van der Waals surface area contributed by atoms with Gasteiger partial charge in [0.25, 0.3) is 5.91 Å². The van der Waals surface area contributed by atoms with Gasteiger partial charge in [-0.3, -0.25) is 4.79 Å². The van der Waals surface area contributed by atoms with Crippen LogP contribution in [0.1, 0.15) is 29.8 Å². The Bertz CT molecular complexity index is 627. The zero-order valence-electron chi connectivity index (χ0n) is 13.7. The first kappa shape index (κ1) is 15.8. The topological polar surface area (TPSA) is 48.1 Å². The molecular formula is C19H25N3O. The van der Waals surface area contributed by atoms with E-state index in [-0.39, 0.29) is 5.91 Å². The summed E-state index contributed by atoms with van der Waals surface area (Å²) in [5.41, 5.74) is 2.80. The number of likely N-dealkylation sites (tertiary alicyclic amines) is 1. The smallest absolute Gasteiger partial charge is 0.270 e. The summed E-state index contributed by atoms with van der Waals surface area (Å²) in [6, 6.07) is 14.0. The van der Waals surface area contributed by atoms with E-state index in [2.05, 4.69) is 10.3 Å². The van der Waals surface area contributed by atoms with Gasteiger partial charge in [-0.2, -0.15) is 0 Å². The fraction of sp³-hybridized carbons (Fsp3) is 0.421. The molecule has 23 heavy (non-hydrogen) atoms. The number of amides is 1. The first-order valence-corrected chi connectivity index (χ1v) is 8.46. The van der Waals surface area contributed by atoms with Gasteiger partial charge in [0.1, 0.15) is 5.69 Å². The summed E-state index contributed by atoms with van der Waals surface area (Å²) in [5, 5.41) is 3.21. The summed E-state index contributed by atoms with van der Waals surface area (Å²) >= 11 is 0. The van der Waals surface area contributed by atoms with Crippen molar-refractivity contribution in [3.05, 3.63) is 48.2 Å². The van der Waals surface area contributed by atoms with Crippen molar-refractivity contribution < 1.29 is 4.79 Å². The molecule has 1 aromatic carbocycles. The second-order valence-electron chi connectivity index (χ2n) is 6.28. The number of carbonyl (C=O) groups is 1. The Morgan fingerprint density at radius 1 is 1.17 bits per heavy atom. The molecule has 1 saturated heterocycles. The maximum atomic E-state index is 12.6. The second kappa shape index (κ2) is 7.47. The third-order valence-corrected chi connectivity index (χ3v) is 4.71. The van der Waals surface area contributed by atoms with Gasteiger partial charge in [-0.1, -0.05) is 30.3 Å². The molecular weight excluding hydrogens is 286 g/mol. The molecule has 0 aliphatic carbocycles. The highest BCUT2D eigenvalue weighted by atomic mass is 16.2. The summed E-state index contributed by atoms with van der Waals surface area (Å²) in [6.45, 7) is 2.80. The van der Waals surface area contributed by atoms with E-state index in [4.69, 9.17) is 0 Å². The van der Waals surface area contributed by atoms with Gasteiger partial charge in [0, 0.05) is 18.8 Å². The third-order valence-electron chi connectivity index (χ3n) is 4.71. The maximum Gasteiger partial charge on any atom is 0.270 e. The number of nitrogens with zero attached hydrogens (tertiary/aromatic N) is 1. The van der Waals surface area contributed by atoms with Gasteiger partial charge < -0.3 is 15.2 Å². The van der Waals surface area contributed by atoms with Crippen molar-refractivity contribution in [2.75, 3.05) is 26.7 Å². The Kier molecular flexibility index (Phi) is 5.13. The lowest BCUT2D eigenvalue weighted by Gasteiger charge is -2.31. The van der Waals surface area contributed by atoms with Gasteiger partial charge in [-0.05, 0) is 56.5 Å². The van der Waals surface area contributed by atoms with Crippen LogP contribution in [0.3, 0.4) is 0 Å². The van der Waals surface area contributed by atoms with Gasteiger partial charge in [-0.25, -0.2) is 0 Å². The molecule has 1 amide bonds. The lowest BCUT2D eigenvalue weighted by atomic mass is 9.93. The van der Waals surface area contributed by atoms with Crippen LogP contribution in [-0.2, 0) is 0 Å². The average molecular weight is 311 g/mol. The molecule has 2 aromatic rings. The van der Waals surface area contributed by atoms with Crippen molar-refractivity contribution in [1.29, 1.82) is 0 Å². The minimum Gasteiger partial charge on any atom is -0.351 e. The SMILES string of the molecule is CNCCC1CCN(C(=O)c2ccc(-c3ccccc3)[nH]2)CC1. The van der Waals surface area contributed by atoms with Crippen LogP contribution in [0.2, 0.25) is 0 Å². The van der Waals surface area contributed by atoms with Gasteiger partial charge >= 0.3 is 0 Å². The predicted molar refractivity (Wildman–Crippen MR) is 93.4 cm³/mol. The minimum atomic E-state index is 0.124. The number of hydrogen-bond donors (Lipinski definition) is 2. The standard InChI is InChI=1S/C19H25N3O/c1-20-12-9-15-10-13-22(14-11-15)19(23)18-8-7-17(21-18)16-5-3-2-4-6-16/h2-8,15,20-21H,9-14H2,1H3. The molecule has 1 aromatic heterocycles. The third kappa shape index (κ3) is 3.82. The van der Waals surface area contributed by atoms with Gasteiger partial charge in [-0.15, -0.1) is 0 Å². The van der Waals surface area contributed by atoms with Crippen LogP contribution in [-0.4, -0.2) is 42.5 Å². The fourth-order valence-corrected chi connectivity index (χ4v) is 3.25. The zero-order chi connectivity index (χ0) is 16.1. The molecule has 0 spiro atoms. The molecule has 0 bridgehead atoms. The largest absolute Gasteiger partial charge is 0.351 e. The van der Waals surface area contributed by atoms with E-state index in [0.29, 0.717) is 5.69 Å². The number of hydrogen-bond acceptors (Lipinski definition) is 2. The van der Waals surface area contributed by atoms with Crippen LogP contribution in [0.25, 0.3) is 11.3 Å². The van der Waals surface area contributed by atoms with E-state index in [1.54, 1.807) is 0 Å².